The van der Waals surface area contributed by atoms with E-state index in [2.05, 4.69) is 40.8 Å². The quantitative estimate of drug-likeness (QED) is 0.535. The molecule has 0 aromatic rings. The lowest BCUT2D eigenvalue weighted by Crippen LogP contribution is -2.47. The molecule has 4 nitrogen and oxygen atoms in total. The summed E-state index contributed by atoms with van der Waals surface area (Å²) in [5.41, 5.74) is 0. The Kier molecular flexibility index (Phi) is 5.96. The van der Waals surface area contributed by atoms with Crippen molar-refractivity contribution in [1.29, 1.82) is 0 Å². The van der Waals surface area contributed by atoms with Crippen LogP contribution in [0.25, 0.3) is 0 Å². The highest BCUT2D eigenvalue weighted by atomic mass is 28.4. The summed E-state index contributed by atoms with van der Waals surface area (Å²) < 4.78 is 17.2. The van der Waals surface area contributed by atoms with Gasteiger partial charge in [-0.2, -0.15) is 0 Å². The normalized spacial score (nSPS) is 28.1. The minimum absolute atomic E-state index is 0.119. The molecular formula is C15H30O4Si. The lowest BCUT2D eigenvalue weighted by Gasteiger charge is -2.43. The fourth-order valence-electron chi connectivity index (χ4n) is 2.35. The Hall–Kier alpha value is -0.233. The van der Waals surface area contributed by atoms with Crippen LogP contribution < -0.4 is 0 Å². The third-order valence-electron chi connectivity index (χ3n) is 5.31. The van der Waals surface area contributed by atoms with E-state index in [0.717, 1.165) is 6.29 Å². The molecule has 0 bridgehead atoms. The predicted molar refractivity (Wildman–Crippen MR) is 82.2 cm³/mol. The number of hydrogen-bond acceptors (Lipinski definition) is 4. The number of carbonyl (C=O) groups is 1. The van der Waals surface area contributed by atoms with Gasteiger partial charge in [0.2, 0.25) is 0 Å². The molecule has 0 saturated carbocycles. The number of methoxy groups -OCH3 is 1. The molecule has 1 rings (SSSR count). The van der Waals surface area contributed by atoms with Gasteiger partial charge in [0.1, 0.15) is 6.29 Å². The molecule has 118 valence electrons. The number of rotatable bonds is 7. The topological polar surface area (TPSA) is 44.8 Å². The SMILES string of the molecule is CO[C@H]1C[C@@H](C=O)[C@@H](CO[Si](C)(C)C(C)(C)C(C)C)O1. The van der Waals surface area contributed by atoms with Crippen molar-refractivity contribution in [3.8, 4) is 0 Å². The van der Waals surface area contributed by atoms with E-state index in [9.17, 15) is 4.79 Å². The molecule has 0 unspecified atom stereocenters. The number of hydrogen-bond donors (Lipinski definition) is 0. The van der Waals surface area contributed by atoms with Gasteiger partial charge in [0.05, 0.1) is 12.7 Å². The van der Waals surface area contributed by atoms with Crippen molar-refractivity contribution >= 4 is 14.6 Å². The van der Waals surface area contributed by atoms with Gasteiger partial charge in [0, 0.05) is 19.4 Å². The van der Waals surface area contributed by atoms with Gasteiger partial charge in [-0.05, 0) is 24.1 Å². The molecule has 1 fully saturated rings. The molecule has 0 aromatic carbocycles. The third-order valence-corrected chi connectivity index (χ3v) is 9.88. The molecule has 20 heavy (non-hydrogen) atoms. The first-order valence-electron chi connectivity index (χ1n) is 7.43. The fraction of sp³-hybridized carbons (Fsp3) is 0.933. The molecule has 1 saturated heterocycles. The molecule has 1 aliphatic rings. The van der Waals surface area contributed by atoms with E-state index >= 15 is 0 Å². The smallest absolute Gasteiger partial charge is 0.192 e. The first-order valence-corrected chi connectivity index (χ1v) is 10.3. The summed E-state index contributed by atoms with van der Waals surface area (Å²) in [6.45, 7) is 14.0. The van der Waals surface area contributed by atoms with E-state index in [1.54, 1.807) is 7.11 Å². The van der Waals surface area contributed by atoms with Crippen LogP contribution >= 0.6 is 0 Å². The van der Waals surface area contributed by atoms with Crippen LogP contribution in [0.15, 0.2) is 0 Å². The molecule has 0 radical (unpaired) electrons. The van der Waals surface area contributed by atoms with Gasteiger partial charge >= 0.3 is 0 Å². The highest BCUT2D eigenvalue weighted by molar-refractivity contribution is 6.74. The van der Waals surface area contributed by atoms with E-state index in [4.69, 9.17) is 13.9 Å². The fourth-order valence-corrected chi connectivity index (χ4v) is 4.70. The maximum Gasteiger partial charge on any atom is 0.192 e. The summed E-state index contributed by atoms with van der Waals surface area (Å²) >= 11 is 0. The lowest BCUT2D eigenvalue weighted by atomic mass is 9.99. The van der Waals surface area contributed by atoms with Crippen LogP contribution in [-0.4, -0.2) is 40.7 Å². The Bertz CT molecular complexity index is 328. The van der Waals surface area contributed by atoms with Gasteiger partial charge in [0.25, 0.3) is 0 Å². The Morgan fingerprint density at radius 3 is 2.45 bits per heavy atom. The van der Waals surface area contributed by atoms with Gasteiger partial charge < -0.3 is 18.7 Å². The van der Waals surface area contributed by atoms with Crippen molar-refractivity contribution in [3.63, 3.8) is 0 Å². The lowest BCUT2D eigenvalue weighted by molar-refractivity contribution is -0.126. The predicted octanol–water partition coefficient (Wildman–Crippen LogP) is 3.22. The summed E-state index contributed by atoms with van der Waals surface area (Å²) in [6.07, 6.45) is 1.15. The second-order valence-electron chi connectivity index (χ2n) is 7.07. The highest BCUT2D eigenvalue weighted by Crippen LogP contribution is 2.44. The van der Waals surface area contributed by atoms with Crippen LogP contribution in [0.1, 0.15) is 34.1 Å². The van der Waals surface area contributed by atoms with Crippen molar-refractivity contribution in [2.24, 2.45) is 11.8 Å². The highest BCUT2D eigenvalue weighted by Gasteiger charge is 2.45. The monoisotopic (exact) mass is 302 g/mol. The number of ether oxygens (including phenoxy) is 2. The summed E-state index contributed by atoms with van der Waals surface area (Å²) in [7, 11) is -0.265. The molecule has 0 aromatic heterocycles. The van der Waals surface area contributed by atoms with Gasteiger partial charge in [-0.25, -0.2) is 0 Å². The Morgan fingerprint density at radius 1 is 1.40 bits per heavy atom. The van der Waals surface area contributed by atoms with Crippen molar-refractivity contribution in [1.82, 2.24) is 0 Å². The Morgan fingerprint density at radius 2 is 2.00 bits per heavy atom. The average Bonchev–Trinajstić information content (AvgIpc) is 2.78. The van der Waals surface area contributed by atoms with Crippen LogP contribution in [0.3, 0.4) is 0 Å². The molecule has 5 heteroatoms. The van der Waals surface area contributed by atoms with Crippen molar-refractivity contribution < 1.29 is 18.7 Å². The molecule has 0 amide bonds. The van der Waals surface area contributed by atoms with Gasteiger partial charge in [-0.3, -0.25) is 0 Å². The number of aldehydes is 1. The van der Waals surface area contributed by atoms with Crippen molar-refractivity contribution in [2.45, 2.75) is 64.6 Å². The maximum absolute atomic E-state index is 11.1. The van der Waals surface area contributed by atoms with Crippen LogP contribution in [0.4, 0.5) is 0 Å². The van der Waals surface area contributed by atoms with Gasteiger partial charge in [-0.1, -0.05) is 27.7 Å². The number of carbonyl (C=O) groups excluding carboxylic acids is 1. The van der Waals surface area contributed by atoms with E-state index in [0.29, 0.717) is 18.9 Å². The maximum atomic E-state index is 11.1. The molecule has 0 aliphatic carbocycles. The van der Waals surface area contributed by atoms with E-state index in [1.807, 2.05) is 0 Å². The van der Waals surface area contributed by atoms with E-state index < -0.39 is 8.32 Å². The standard InChI is InChI=1S/C15H30O4Si/c1-11(2)15(3,4)20(6,7)18-10-13-12(9-16)8-14(17-5)19-13/h9,11-14H,8,10H2,1-7H3/t12-,13+,14+/m0/s1. The molecule has 0 N–H and O–H groups in total. The van der Waals surface area contributed by atoms with Gasteiger partial charge in [0.15, 0.2) is 14.6 Å². The molecule has 1 heterocycles. The second kappa shape index (κ2) is 6.69. The van der Waals surface area contributed by atoms with Crippen molar-refractivity contribution in [3.05, 3.63) is 0 Å². The van der Waals surface area contributed by atoms with Gasteiger partial charge in [-0.15, -0.1) is 0 Å². The zero-order chi connectivity index (χ0) is 15.6. The minimum Gasteiger partial charge on any atom is -0.414 e. The summed E-state index contributed by atoms with van der Waals surface area (Å²) in [5, 5.41) is 0.170. The zero-order valence-corrected chi connectivity index (χ0v) is 14.9. The molecule has 3 atom stereocenters. The molecular weight excluding hydrogens is 272 g/mol. The van der Waals surface area contributed by atoms with Crippen molar-refractivity contribution in [2.75, 3.05) is 13.7 Å². The largest absolute Gasteiger partial charge is 0.414 e. The summed E-state index contributed by atoms with van der Waals surface area (Å²) in [4.78, 5) is 11.1. The summed E-state index contributed by atoms with van der Waals surface area (Å²) in [5.74, 6) is 0.439. The Labute approximate surface area is 124 Å². The second-order valence-corrected chi connectivity index (χ2v) is 11.7. The Balaban J connectivity index is 2.64. The molecule has 1 aliphatic heterocycles. The minimum atomic E-state index is -1.87. The van der Waals surface area contributed by atoms with Crippen LogP contribution in [-0.2, 0) is 18.7 Å². The van der Waals surface area contributed by atoms with Crippen LogP contribution in [0.5, 0.6) is 0 Å². The van der Waals surface area contributed by atoms with Crippen LogP contribution in [0.2, 0.25) is 18.1 Å². The average molecular weight is 302 g/mol. The third kappa shape index (κ3) is 3.69. The van der Waals surface area contributed by atoms with Crippen LogP contribution in [0, 0.1) is 11.8 Å². The molecule has 0 spiro atoms. The summed E-state index contributed by atoms with van der Waals surface area (Å²) in [6, 6.07) is 0. The zero-order valence-electron chi connectivity index (χ0n) is 13.9. The first kappa shape index (κ1) is 17.8. The van der Waals surface area contributed by atoms with E-state index in [1.165, 1.54) is 0 Å². The first-order chi connectivity index (χ1) is 9.15. The van der Waals surface area contributed by atoms with E-state index in [-0.39, 0.29) is 23.4 Å².